The van der Waals surface area contributed by atoms with Crippen LogP contribution >= 0.6 is 11.3 Å². The van der Waals surface area contributed by atoms with Crippen LogP contribution in [0.5, 0.6) is 0 Å². The van der Waals surface area contributed by atoms with Crippen molar-refractivity contribution in [1.82, 2.24) is 15.2 Å². The van der Waals surface area contributed by atoms with Crippen LogP contribution < -0.4 is 5.32 Å². The predicted molar refractivity (Wildman–Crippen MR) is 149 cm³/mol. The number of carbonyl (C=O) groups excluding carboxylic acids is 1. The van der Waals surface area contributed by atoms with Crippen molar-refractivity contribution in [2.45, 2.75) is 58.5 Å². The fraction of sp³-hybridized carbons (Fsp3) is 0.290. The van der Waals surface area contributed by atoms with E-state index in [1.54, 1.807) is 11.4 Å². The summed E-state index contributed by atoms with van der Waals surface area (Å²) in [4.78, 5) is 19.2. The van der Waals surface area contributed by atoms with Gasteiger partial charge in [-0.2, -0.15) is 13.2 Å². The number of aromatic nitrogens is 1. The molecule has 4 nitrogen and oxygen atoms in total. The van der Waals surface area contributed by atoms with Crippen LogP contribution in [0.1, 0.15) is 64.1 Å². The number of benzene rings is 3. The molecule has 39 heavy (non-hydrogen) atoms. The Morgan fingerprint density at radius 1 is 0.821 bits per heavy atom. The maximum atomic E-state index is 13.3. The van der Waals surface area contributed by atoms with Gasteiger partial charge in [0.15, 0.2) is 0 Å². The molecule has 0 saturated heterocycles. The molecule has 1 aromatic heterocycles. The summed E-state index contributed by atoms with van der Waals surface area (Å²) in [6.45, 7) is 8.08. The minimum atomic E-state index is -4.40. The molecule has 0 unspecified atom stereocenters. The highest BCUT2D eigenvalue weighted by atomic mass is 32.1. The molecule has 0 atom stereocenters. The van der Waals surface area contributed by atoms with Gasteiger partial charge in [0.05, 0.1) is 12.1 Å². The Kier molecular flexibility index (Phi) is 8.87. The summed E-state index contributed by atoms with van der Waals surface area (Å²) in [6.07, 6.45) is -4.40. The van der Waals surface area contributed by atoms with Gasteiger partial charge < -0.3 is 5.32 Å². The van der Waals surface area contributed by atoms with E-state index in [-0.39, 0.29) is 11.3 Å². The Bertz CT molecular complexity index is 1380. The summed E-state index contributed by atoms with van der Waals surface area (Å²) < 4.78 is 40.0. The Hall–Kier alpha value is -3.49. The maximum absolute atomic E-state index is 13.3. The fourth-order valence-electron chi connectivity index (χ4n) is 4.19. The van der Waals surface area contributed by atoms with Gasteiger partial charge in [-0.25, -0.2) is 4.98 Å². The van der Waals surface area contributed by atoms with Crippen LogP contribution in [0.25, 0.3) is 0 Å². The standard InChI is InChI=1S/C31H32F3N3OS/c1-30(2,3)25-14-12-23(13-15-25)18-37(19-24-10-7-11-26(16-24)31(32,33)34)20-28-36-27(21-39-28)29(38)35-17-22-8-5-4-6-9-22/h4-16,21H,17-20H2,1-3H3,(H,35,38). The summed E-state index contributed by atoms with van der Waals surface area (Å²) in [5.74, 6) is -0.261. The summed E-state index contributed by atoms with van der Waals surface area (Å²) in [7, 11) is 0. The molecule has 4 rings (SSSR count). The molecule has 0 aliphatic rings. The zero-order valence-electron chi connectivity index (χ0n) is 22.3. The minimum Gasteiger partial charge on any atom is -0.347 e. The normalized spacial score (nSPS) is 12.1. The van der Waals surface area contributed by atoms with Crippen molar-refractivity contribution in [3.8, 4) is 0 Å². The van der Waals surface area contributed by atoms with E-state index >= 15 is 0 Å². The topological polar surface area (TPSA) is 45.2 Å². The van der Waals surface area contributed by atoms with E-state index in [1.807, 2.05) is 35.2 Å². The summed E-state index contributed by atoms with van der Waals surface area (Å²) in [5, 5.41) is 5.32. The van der Waals surface area contributed by atoms with E-state index in [0.29, 0.717) is 37.4 Å². The second-order valence-corrected chi connectivity index (χ2v) is 11.5. The lowest BCUT2D eigenvalue weighted by Crippen LogP contribution is -2.24. The second kappa shape index (κ2) is 12.1. The molecule has 3 aromatic carbocycles. The largest absolute Gasteiger partial charge is 0.416 e. The first-order chi connectivity index (χ1) is 18.5. The number of thiazole rings is 1. The van der Waals surface area contributed by atoms with E-state index in [4.69, 9.17) is 0 Å². The van der Waals surface area contributed by atoms with Crippen LogP contribution in [0.15, 0.2) is 84.2 Å². The zero-order valence-corrected chi connectivity index (χ0v) is 23.1. The molecule has 0 spiro atoms. The van der Waals surface area contributed by atoms with Crippen LogP contribution in [-0.2, 0) is 37.8 Å². The van der Waals surface area contributed by atoms with Crippen LogP contribution in [-0.4, -0.2) is 15.8 Å². The number of rotatable bonds is 9. The lowest BCUT2D eigenvalue weighted by atomic mass is 9.87. The van der Waals surface area contributed by atoms with Crippen LogP contribution in [0.3, 0.4) is 0 Å². The quantitative estimate of drug-likeness (QED) is 0.233. The molecule has 0 saturated carbocycles. The van der Waals surface area contributed by atoms with Crippen molar-refractivity contribution in [2.75, 3.05) is 0 Å². The van der Waals surface area contributed by atoms with Gasteiger partial charge in [0.2, 0.25) is 0 Å². The van der Waals surface area contributed by atoms with Gasteiger partial charge in [0.1, 0.15) is 10.7 Å². The van der Waals surface area contributed by atoms with Gasteiger partial charge in [-0.1, -0.05) is 93.6 Å². The number of nitrogens with zero attached hydrogens (tertiary/aromatic N) is 2. The SMILES string of the molecule is CC(C)(C)c1ccc(CN(Cc2cccc(C(F)(F)F)c2)Cc2nc(C(=O)NCc3ccccc3)cs2)cc1. The van der Waals surface area contributed by atoms with Crippen molar-refractivity contribution in [1.29, 1.82) is 0 Å². The molecule has 4 aromatic rings. The van der Waals surface area contributed by atoms with Gasteiger partial charge in [0, 0.05) is 25.0 Å². The Morgan fingerprint density at radius 3 is 2.15 bits per heavy atom. The highest BCUT2D eigenvalue weighted by Crippen LogP contribution is 2.30. The number of hydrogen-bond acceptors (Lipinski definition) is 4. The lowest BCUT2D eigenvalue weighted by Gasteiger charge is -2.23. The van der Waals surface area contributed by atoms with Crippen molar-refractivity contribution >= 4 is 17.2 Å². The molecule has 0 radical (unpaired) electrons. The smallest absolute Gasteiger partial charge is 0.347 e. The van der Waals surface area contributed by atoms with E-state index in [9.17, 15) is 18.0 Å². The number of amides is 1. The Balaban J connectivity index is 1.50. The van der Waals surface area contributed by atoms with Crippen LogP contribution in [0.2, 0.25) is 0 Å². The Morgan fingerprint density at radius 2 is 1.49 bits per heavy atom. The molecular weight excluding hydrogens is 519 g/mol. The first-order valence-electron chi connectivity index (χ1n) is 12.7. The van der Waals surface area contributed by atoms with Crippen molar-refractivity contribution in [3.05, 3.63) is 123 Å². The van der Waals surface area contributed by atoms with Gasteiger partial charge in [-0.05, 0) is 33.7 Å². The van der Waals surface area contributed by atoms with Gasteiger partial charge in [-0.15, -0.1) is 11.3 Å². The average molecular weight is 552 g/mol. The molecule has 204 valence electrons. The van der Waals surface area contributed by atoms with Crippen LogP contribution in [0, 0.1) is 0 Å². The lowest BCUT2D eigenvalue weighted by molar-refractivity contribution is -0.137. The first kappa shape index (κ1) is 28.5. The summed E-state index contributed by atoms with van der Waals surface area (Å²) in [6, 6.07) is 23.3. The van der Waals surface area contributed by atoms with Gasteiger partial charge in [0.25, 0.3) is 5.91 Å². The average Bonchev–Trinajstić information content (AvgIpc) is 3.36. The molecule has 1 amide bonds. The number of alkyl halides is 3. The molecule has 0 aliphatic heterocycles. The van der Waals surface area contributed by atoms with E-state index in [0.717, 1.165) is 22.2 Å². The minimum absolute atomic E-state index is 0.0224. The van der Waals surface area contributed by atoms with Crippen molar-refractivity contribution in [3.63, 3.8) is 0 Å². The van der Waals surface area contributed by atoms with Gasteiger partial charge >= 0.3 is 6.18 Å². The van der Waals surface area contributed by atoms with E-state index in [2.05, 4.69) is 55.3 Å². The molecule has 1 heterocycles. The summed E-state index contributed by atoms with van der Waals surface area (Å²) >= 11 is 1.37. The molecule has 0 aliphatic carbocycles. The fourth-order valence-corrected chi connectivity index (χ4v) is 5.00. The molecule has 0 fully saturated rings. The van der Waals surface area contributed by atoms with E-state index < -0.39 is 11.7 Å². The highest BCUT2D eigenvalue weighted by molar-refractivity contribution is 7.09. The van der Waals surface area contributed by atoms with Gasteiger partial charge in [-0.3, -0.25) is 9.69 Å². The molecular formula is C31H32F3N3OS. The number of hydrogen-bond donors (Lipinski definition) is 1. The monoisotopic (exact) mass is 551 g/mol. The third-order valence-electron chi connectivity index (χ3n) is 6.33. The van der Waals surface area contributed by atoms with Crippen LogP contribution in [0.4, 0.5) is 13.2 Å². The maximum Gasteiger partial charge on any atom is 0.416 e. The van der Waals surface area contributed by atoms with E-state index in [1.165, 1.54) is 29.0 Å². The Labute approximate surface area is 231 Å². The molecule has 8 heteroatoms. The van der Waals surface area contributed by atoms with Crippen molar-refractivity contribution < 1.29 is 18.0 Å². The highest BCUT2D eigenvalue weighted by Gasteiger charge is 2.30. The number of halogens is 3. The first-order valence-corrected chi connectivity index (χ1v) is 13.6. The predicted octanol–water partition coefficient (Wildman–Crippen LogP) is 7.59. The number of carbonyl (C=O) groups is 1. The summed E-state index contributed by atoms with van der Waals surface area (Å²) in [5.41, 5.74) is 3.50. The third kappa shape index (κ3) is 8.25. The second-order valence-electron chi connectivity index (χ2n) is 10.6. The molecule has 1 N–H and O–H groups in total. The zero-order chi connectivity index (χ0) is 28.0. The van der Waals surface area contributed by atoms with Crippen molar-refractivity contribution in [2.24, 2.45) is 0 Å². The molecule has 0 bridgehead atoms. The third-order valence-corrected chi connectivity index (χ3v) is 7.16. The number of nitrogens with one attached hydrogen (secondary N) is 1.